The molecule has 2 aromatic rings. The molecule has 0 radical (unpaired) electrons. The lowest BCUT2D eigenvalue weighted by atomic mass is 10.4. The number of esters is 1. The van der Waals surface area contributed by atoms with Crippen LogP contribution in [-0.2, 0) is 17.9 Å². The summed E-state index contributed by atoms with van der Waals surface area (Å²) in [7, 11) is 0. The Morgan fingerprint density at radius 1 is 1.56 bits per heavy atom. The van der Waals surface area contributed by atoms with Gasteiger partial charge in [0.05, 0.1) is 4.34 Å². The fraction of sp³-hybridized carbons (Fsp3) is 0.400. The number of rotatable bonds is 5. The van der Waals surface area contributed by atoms with Gasteiger partial charge in [0.1, 0.15) is 4.88 Å². The summed E-state index contributed by atoms with van der Waals surface area (Å²) in [5.41, 5.74) is 0. The van der Waals surface area contributed by atoms with Crippen LogP contribution in [0.5, 0.6) is 0 Å². The molecular weight excluding hydrogens is 276 g/mol. The minimum atomic E-state index is -0.419. The lowest BCUT2D eigenvalue weighted by molar-refractivity contribution is 0.0462. The molecule has 0 fully saturated rings. The lowest BCUT2D eigenvalue weighted by Gasteiger charge is -2.03. The van der Waals surface area contributed by atoms with Crippen molar-refractivity contribution < 1.29 is 9.53 Å². The van der Waals surface area contributed by atoms with Crippen LogP contribution in [0.1, 0.15) is 28.8 Å². The molecule has 8 heteroatoms. The molecule has 96 valence electrons. The van der Waals surface area contributed by atoms with Gasteiger partial charge in [0.25, 0.3) is 0 Å². The van der Waals surface area contributed by atoms with Crippen LogP contribution < -0.4 is 0 Å². The average Bonchev–Trinajstić information content (AvgIpc) is 2.96. The number of ether oxygens (including phenoxy) is 1. The molecule has 0 atom stereocenters. The second-order valence-corrected chi connectivity index (χ2v) is 5.21. The topological polar surface area (TPSA) is 69.9 Å². The first-order valence-corrected chi connectivity index (χ1v) is 6.57. The third-order valence-electron chi connectivity index (χ3n) is 2.15. The maximum Gasteiger partial charge on any atom is 0.348 e. The van der Waals surface area contributed by atoms with E-state index in [9.17, 15) is 4.79 Å². The summed E-state index contributed by atoms with van der Waals surface area (Å²) in [6.45, 7) is 2.77. The van der Waals surface area contributed by atoms with E-state index in [1.54, 1.807) is 16.8 Å². The van der Waals surface area contributed by atoms with Gasteiger partial charge in [-0.3, -0.25) is 0 Å². The highest BCUT2D eigenvalue weighted by molar-refractivity contribution is 7.17. The molecule has 2 rings (SSSR count). The Balaban J connectivity index is 1.95. The van der Waals surface area contributed by atoms with Gasteiger partial charge in [0.15, 0.2) is 12.4 Å². The minimum absolute atomic E-state index is 0.0569. The highest BCUT2D eigenvalue weighted by Crippen LogP contribution is 2.22. The number of halogens is 1. The summed E-state index contributed by atoms with van der Waals surface area (Å²) in [6.07, 6.45) is 0.909. The highest BCUT2D eigenvalue weighted by Gasteiger charge is 2.13. The number of hydrogen-bond donors (Lipinski definition) is 0. The maximum atomic E-state index is 11.7. The van der Waals surface area contributed by atoms with Crippen LogP contribution in [0.15, 0.2) is 12.1 Å². The summed E-state index contributed by atoms with van der Waals surface area (Å²) in [6, 6.07) is 3.29. The van der Waals surface area contributed by atoms with Crippen molar-refractivity contribution in [3.8, 4) is 0 Å². The quantitative estimate of drug-likeness (QED) is 0.788. The molecule has 0 aliphatic carbocycles. The molecule has 0 N–H and O–H groups in total. The van der Waals surface area contributed by atoms with E-state index < -0.39 is 5.97 Å². The van der Waals surface area contributed by atoms with E-state index in [0.29, 0.717) is 21.6 Å². The third-order valence-corrected chi connectivity index (χ3v) is 3.36. The SMILES string of the molecule is CCCn1nnnc1COC(=O)c1ccc(Cl)s1. The lowest BCUT2D eigenvalue weighted by Crippen LogP contribution is -2.10. The molecule has 2 aromatic heterocycles. The second kappa shape index (κ2) is 5.92. The van der Waals surface area contributed by atoms with E-state index in [-0.39, 0.29) is 6.61 Å². The van der Waals surface area contributed by atoms with Crippen molar-refractivity contribution in [2.75, 3.05) is 0 Å². The van der Waals surface area contributed by atoms with Crippen molar-refractivity contribution in [1.82, 2.24) is 20.2 Å². The number of hydrogen-bond acceptors (Lipinski definition) is 6. The zero-order valence-corrected chi connectivity index (χ0v) is 11.2. The van der Waals surface area contributed by atoms with E-state index in [0.717, 1.165) is 6.42 Å². The molecule has 0 saturated heterocycles. The molecule has 18 heavy (non-hydrogen) atoms. The Bertz CT molecular complexity index is 539. The minimum Gasteiger partial charge on any atom is -0.453 e. The van der Waals surface area contributed by atoms with Crippen LogP contribution in [0.2, 0.25) is 4.34 Å². The molecule has 0 bridgehead atoms. The zero-order valence-electron chi connectivity index (χ0n) is 9.67. The first-order chi connectivity index (χ1) is 8.70. The predicted molar refractivity (Wildman–Crippen MR) is 66.6 cm³/mol. The molecule has 0 aliphatic heterocycles. The van der Waals surface area contributed by atoms with Crippen LogP contribution in [0, 0.1) is 0 Å². The van der Waals surface area contributed by atoms with Crippen LogP contribution in [0.4, 0.5) is 0 Å². The van der Waals surface area contributed by atoms with Crippen molar-refractivity contribution in [1.29, 1.82) is 0 Å². The summed E-state index contributed by atoms with van der Waals surface area (Å²) in [4.78, 5) is 12.1. The molecule has 0 amide bonds. The first kappa shape index (κ1) is 13.0. The van der Waals surface area contributed by atoms with E-state index in [1.165, 1.54) is 11.3 Å². The normalized spacial score (nSPS) is 10.6. The van der Waals surface area contributed by atoms with Gasteiger partial charge in [0.2, 0.25) is 0 Å². The van der Waals surface area contributed by atoms with Crippen molar-refractivity contribution in [2.45, 2.75) is 26.5 Å². The van der Waals surface area contributed by atoms with E-state index in [4.69, 9.17) is 16.3 Å². The standard InChI is InChI=1S/C10H11ClN4O2S/c1-2-5-15-9(12-13-14-15)6-17-10(16)7-3-4-8(11)18-7/h3-4H,2,5-6H2,1H3. The largest absolute Gasteiger partial charge is 0.453 e. The Labute approximate surface area is 113 Å². The smallest absolute Gasteiger partial charge is 0.348 e. The molecule has 0 unspecified atom stereocenters. The molecular formula is C10H11ClN4O2S. The molecule has 0 spiro atoms. The van der Waals surface area contributed by atoms with Crippen LogP contribution in [-0.4, -0.2) is 26.2 Å². The van der Waals surface area contributed by atoms with Crippen molar-refractivity contribution in [2.24, 2.45) is 0 Å². The molecule has 6 nitrogen and oxygen atoms in total. The van der Waals surface area contributed by atoms with Gasteiger partial charge in [-0.2, -0.15) is 0 Å². The number of carbonyl (C=O) groups is 1. The Kier molecular flexibility index (Phi) is 4.27. The Hall–Kier alpha value is -1.47. The zero-order chi connectivity index (χ0) is 13.0. The number of tetrazole rings is 1. The Morgan fingerprint density at radius 2 is 2.39 bits per heavy atom. The third kappa shape index (κ3) is 3.05. The van der Waals surface area contributed by atoms with E-state index >= 15 is 0 Å². The van der Waals surface area contributed by atoms with Gasteiger partial charge in [-0.15, -0.1) is 16.4 Å². The highest BCUT2D eigenvalue weighted by atomic mass is 35.5. The van der Waals surface area contributed by atoms with Gasteiger partial charge < -0.3 is 4.74 Å². The van der Waals surface area contributed by atoms with E-state index in [1.807, 2.05) is 6.92 Å². The van der Waals surface area contributed by atoms with Gasteiger partial charge in [-0.1, -0.05) is 18.5 Å². The second-order valence-electron chi connectivity index (χ2n) is 3.50. The molecule has 0 aromatic carbocycles. The summed E-state index contributed by atoms with van der Waals surface area (Å²) >= 11 is 6.92. The predicted octanol–water partition coefficient (Wildman–Crippen LogP) is 2.16. The number of nitrogens with zero attached hydrogens (tertiary/aromatic N) is 4. The van der Waals surface area contributed by atoms with Gasteiger partial charge in [-0.25, -0.2) is 9.48 Å². The number of carbonyl (C=O) groups excluding carboxylic acids is 1. The Morgan fingerprint density at radius 3 is 3.06 bits per heavy atom. The first-order valence-electron chi connectivity index (χ1n) is 5.38. The summed E-state index contributed by atoms with van der Waals surface area (Å²) in [5.74, 6) is 0.116. The molecule has 0 aliphatic rings. The summed E-state index contributed by atoms with van der Waals surface area (Å²) in [5, 5.41) is 11.2. The van der Waals surface area contributed by atoms with Gasteiger partial charge in [0, 0.05) is 6.54 Å². The fourth-order valence-electron chi connectivity index (χ4n) is 1.34. The van der Waals surface area contributed by atoms with Crippen molar-refractivity contribution in [3.05, 3.63) is 27.2 Å². The monoisotopic (exact) mass is 286 g/mol. The number of aryl methyl sites for hydroxylation is 1. The summed E-state index contributed by atoms with van der Waals surface area (Å²) < 4.78 is 7.30. The van der Waals surface area contributed by atoms with Crippen LogP contribution in [0.3, 0.4) is 0 Å². The maximum absolute atomic E-state index is 11.7. The van der Waals surface area contributed by atoms with Crippen molar-refractivity contribution in [3.63, 3.8) is 0 Å². The number of thiophene rings is 1. The van der Waals surface area contributed by atoms with Gasteiger partial charge in [-0.05, 0) is 29.0 Å². The van der Waals surface area contributed by atoms with Gasteiger partial charge >= 0.3 is 5.97 Å². The average molecular weight is 287 g/mol. The molecule has 2 heterocycles. The van der Waals surface area contributed by atoms with Crippen molar-refractivity contribution >= 4 is 28.9 Å². The molecule has 0 saturated carbocycles. The van der Waals surface area contributed by atoms with E-state index in [2.05, 4.69) is 15.5 Å². The fourth-order valence-corrected chi connectivity index (χ4v) is 2.27. The number of aromatic nitrogens is 4. The van der Waals surface area contributed by atoms with Crippen LogP contribution >= 0.6 is 22.9 Å². The van der Waals surface area contributed by atoms with Crippen LogP contribution in [0.25, 0.3) is 0 Å².